The molecule has 2 atom stereocenters. The van der Waals surface area contributed by atoms with Gasteiger partial charge in [0.2, 0.25) is 0 Å². The van der Waals surface area contributed by atoms with Gasteiger partial charge in [-0.25, -0.2) is 0 Å². The van der Waals surface area contributed by atoms with Crippen LogP contribution in [0.1, 0.15) is 31.9 Å². The lowest BCUT2D eigenvalue weighted by molar-refractivity contribution is 0.0408. The highest BCUT2D eigenvalue weighted by molar-refractivity contribution is 5.36. The molecule has 90 valence electrons. The molecule has 0 amide bonds. The van der Waals surface area contributed by atoms with Crippen LogP contribution in [0.3, 0.4) is 0 Å². The highest BCUT2D eigenvalue weighted by atomic mass is 16.5. The lowest BCUT2D eigenvalue weighted by Crippen LogP contribution is -2.28. The van der Waals surface area contributed by atoms with Crippen molar-refractivity contribution in [3.8, 4) is 5.75 Å². The first kappa shape index (κ1) is 13.0. The smallest absolute Gasteiger partial charge is 0.123 e. The fourth-order valence-corrected chi connectivity index (χ4v) is 1.83. The normalized spacial score (nSPS) is 14.5. The van der Waals surface area contributed by atoms with Crippen LogP contribution in [0.15, 0.2) is 24.3 Å². The molecule has 0 aliphatic carbocycles. The van der Waals surface area contributed by atoms with Gasteiger partial charge in [0.25, 0.3) is 0 Å². The summed E-state index contributed by atoms with van der Waals surface area (Å²) in [6.45, 7) is 4.74. The third-order valence-electron chi connectivity index (χ3n) is 2.68. The number of rotatable bonds is 6. The van der Waals surface area contributed by atoms with Crippen LogP contribution < -0.4 is 10.5 Å². The van der Waals surface area contributed by atoms with Gasteiger partial charge in [0, 0.05) is 12.2 Å². The molecule has 1 rings (SSSR count). The molecule has 0 heterocycles. The number of ether oxygens (including phenoxy) is 2. The van der Waals surface area contributed by atoms with E-state index in [0.29, 0.717) is 6.61 Å². The molecule has 2 N–H and O–H groups in total. The van der Waals surface area contributed by atoms with E-state index in [4.69, 9.17) is 15.2 Å². The maximum atomic E-state index is 6.21. The Balaban J connectivity index is 2.88. The van der Waals surface area contributed by atoms with Gasteiger partial charge in [-0.1, -0.05) is 25.1 Å². The summed E-state index contributed by atoms with van der Waals surface area (Å²) in [5, 5.41) is 0. The summed E-state index contributed by atoms with van der Waals surface area (Å²) in [6, 6.07) is 7.69. The van der Waals surface area contributed by atoms with E-state index >= 15 is 0 Å². The minimum atomic E-state index is -0.138. The second kappa shape index (κ2) is 6.51. The SMILES string of the molecule is CCOC(CC)C(N)c1ccccc1OC. The van der Waals surface area contributed by atoms with E-state index in [0.717, 1.165) is 17.7 Å². The minimum Gasteiger partial charge on any atom is -0.496 e. The van der Waals surface area contributed by atoms with Crippen molar-refractivity contribution in [2.24, 2.45) is 5.73 Å². The molecule has 0 radical (unpaired) electrons. The standard InChI is InChI=1S/C13H21NO2/c1-4-11(16-5-2)13(14)10-8-6-7-9-12(10)15-3/h6-9,11,13H,4-5,14H2,1-3H3. The maximum Gasteiger partial charge on any atom is 0.123 e. The van der Waals surface area contributed by atoms with Crippen molar-refractivity contribution < 1.29 is 9.47 Å². The summed E-state index contributed by atoms with van der Waals surface area (Å²) in [6.07, 6.45) is 0.939. The zero-order valence-corrected chi connectivity index (χ0v) is 10.3. The Morgan fingerprint density at radius 1 is 1.25 bits per heavy atom. The number of nitrogens with two attached hydrogens (primary N) is 1. The molecule has 0 saturated carbocycles. The summed E-state index contributed by atoms with van der Waals surface area (Å²) in [7, 11) is 1.66. The highest BCUT2D eigenvalue weighted by Gasteiger charge is 2.20. The van der Waals surface area contributed by atoms with E-state index in [1.54, 1.807) is 7.11 Å². The summed E-state index contributed by atoms with van der Waals surface area (Å²) in [5.41, 5.74) is 7.21. The molecule has 1 aromatic carbocycles. The third kappa shape index (κ3) is 2.97. The van der Waals surface area contributed by atoms with Gasteiger partial charge in [-0.3, -0.25) is 0 Å². The molecule has 3 heteroatoms. The van der Waals surface area contributed by atoms with Crippen molar-refractivity contribution in [2.45, 2.75) is 32.4 Å². The quantitative estimate of drug-likeness (QED) is 0.806. The van der Waals surface area contributed by atoms with Crippen LogP contribution in [0.25, 0.3) is 0 Å². The maximum absolute atomic E-state index is 6.21. The molecule has 2 unspecified atom stereocenters. The zero-order chi connectivity index (χ0) is 12.0. The van der Waals surface area contributed by atoms with Gasteiger partial charge in [-0.05, 0) is 19.4 Å². The van der Waals surface area contributed by atoms with Crippen molar-refractivity contribution >= 4 is 0 Å². The first-order chi connectivity index (χ1) is 7.74. The zero-order valence-electron chi connectivity index (χ0n) is 10.3. The molecule has 0 fully saturated rings. The molecule has 0 aliphatic heterocycles. The third-order valence-corrected chi connectivity index (χ3v) is 2.68. The number of hydrogen-bond acceptors (Lipinski definition) is 3. The number of benzene rings is 1. The van der Waals surface area contributed by atoms with Crippen LogP contribution >= 0.6 is 0 Å². The van der Waals surface area contributed by atoms with Gasteiger partial charge < -0.3 is 15.2 Å². The van der Waals surface area contributed by atoms with Crippen LogP contribution in [0.4, 0.5) is 0 Å². The average molecular weight is 223 g/mol. The minimum absolute atomic E-state index is 0.0429. The van der Waals surface area contributed by atoms with Gasteiger partial charge in [-0.15, -0.1) is 0 Å². The Kier molecular flexibility index (Phi) is 5.29. The molecule has 0 aliphatic rings. The van der Waals surface area contributed by atoms with Crippen molar-refractivity contribution in [2.75, 3.05) is 13.7 Å². The molecule has 0 aromatic heterocycles. The fourth-order valence-electron chi connectivity index (χ4n) is 1.83. The summed E-state index contributed by atoms with van der Waals surface area (Å²) in [5.74, 6) is 0.827. The highest BCUT2D eigenvalue weighted by Crippen LogP contribution is 2.27. The molecule has 16 heavy (non-hydrogen) atoms. The lowest BCUT2D eigenvalue weighted by atomic mass is 9.99. The topological polar surface area (TPSA) is 44.5 Å². The van der Waals surface area contributed by atoms with E-state index in [1.165, 1.54) is 0 Å². The Bertz CT molecular complexity index is 315. The van der Waals surface area contributed by atoms with E-state index in [9.17, 15) is 0 Å². The molecule has 1 aromatic rings. The number of methoxy groups -OCH3 is 1. The Morgan fingerprint density at radius 2 is 1.94 bits per heavy atom. The molecule has 0 spiro atoms. The Morgan fingerprint density at radius 3 is 2.50 bits per heavy atom. The number of hydrogen-bond donors (Lipinski definition) is 1. The second-order valence-corrected chi connectivity index (χ2v) is 3.67. The Hall–Kier alpha value is -1.06. The predicted octanol–water partition coefficient (Wildman–Crippen LogP) is 2.51. The monoisotopic (exact) mass is 223 g/mol. The van der Waals surface area contributed by atoms with Gasteiger partial charge in [0.05, 0.1) is 19.3 Å². The van der Waals surface area contributed by atoms with Crippen molar-refractivity contribution in [3.05, 3.63) is 29.8 Å². The fraction of sp³-hybridized carbons (Fsp3) is 0.538. The van der Waals surface area contributed by atoms with Crippen molar-refractivity contribution in [1.82, 2.24) is 0 Å². The largest absolute Gasteiger partial charge is 0.496 e. The van der Waals surface area contributed by atoms with E-state index < -0.39 is 0 Å². The molecular formula is C13H21NO2. The van der Waals surface area contributed by atoms with Crippen LogP contribution in [0, 0.1) is 0 Å². The van der Waals surface area contributed by atoms with E-state index in [-0.39, 0.29) is 12.1 Å². The van der Waals surface area contributed by atoms with Crippen LogP contribution in [0.5, 0.6) is 5.75 Å². The van der Waals surface area contributed by atoms with Crippen LogP contribution in [-0.4, -0.2) is 19.8 Å². The first-order valence-electron chi connectivity index (χ1n) is 5.74. The van der Waals surface area contributed by atoms with Gasteiger partial charge >= 0.3 is 0 Å². The van der Waals surface area contributed by atoms with Crippen molar-refractivity contribution in [1.29, 1.82) is 0 Å². The molecule has 0 saturated heterocycles. The van der Waals surface area contributed by atoms with E-state index in [2.05, 4.69) is 6.92 Å². The van der Waals surface area contributed by atoms with Crippen molar-refractivity contribution in [3.63, 3.8) is 0 Å². The second-order valence-electron chi connectivity index (χ2n) is 3.67. The molecule has 3 nitrogen and oxygen atoms in total. The van der Waals surface area contributed by atoms with Gasteiger partial charge in [0.1, 0.15) is 5.75 Å². The van der Waals surface area contributed by atoms with Gasteiger partial charge in [0.15, 0.2) is 0 Å². The van der Waals surface area contributed by atoms with E-state index in [1.807, 2.05) is 31.2 Å². The lowest BCUT2D eigenvalue weighted by Gasteiger charge is -2.24. The Labute approximate surface area is 97.6 Å². The number of para-hydroxylation sites is 1. The summed E-state index contributed by atoms with van der Waals surface area (Å²) < 4.78 is 10.9. The van der Waals surface area contributed by atoms with Crippen LogP contribution in [-0.2, 0) is 4.74 Å². The average Bonchev–Trinajstić information content (AvgIpc) is 2.35. The summed E-state index contributed by atoms with van der Waals surface area (Å²) in [4.78, 5) is 0. The molecule has 0 bridgehead atoms. The summed E-state index contributed by atoms with van der Waals surface area (Å²) >= 11 is 0. The van der Waals surface area contributed by atoms with Crippen LogP contribution in [0.2, 0.25) is 0 Å². The predicted molar refractivity (Wildman–Crippen MR) is 65.6 cm³/mol. The first-order valence-corrected chi connectivity index (χ1v) is 5.74. The van der Waals surface area contributed by atoms with Gasteiger partial charge in [-0.2, -0.15) is 0 Å². The molecular weight excluding hydrogens is 202 g/mol.